The predicted octanol–water partition coefficient (Wildman–Crippen LogP) is 4.31. The number of aliphatic hydroxyl groups is 1. The van der Waals surface area contributed by atoms with Gasteiger partial charge in [-0.3, -0.25) is 9.78 Å². The van der Waals surface area contributed by atoms with Gasteiger partial charge >= 0.3 is 0 Å². The van der Waals surface area contributed by atoms with Crippen LogP contribution in [0.1, 0.15) is 56.0 Å². The Morgan fingerprint density at radius 2 is 1.86 bits per heavy atom. The number of nitrogens with one attached hydrogen (secondary N) is 1. The van der Waals surface area contributed by atoms with Crippen LogP contribution in [-0.4, -0.2) is 49.5 Å². The second-order valence-corrected chi connectivity index (χ2v) is 11.2. The van der Waals surface area contributed by atoms with E-state index >= 15 is 0 Å². The molecule has 1 unspecified atom stereocenters. The summed E-state index contributed by atoms with van der Waals surface area (Å²) in [5, 5.41) is 14.6. The number of hydrogen-bond donors (Lipinski definition) is 2. The molecule has 3 heterocycles. The smallest absolute Gasteiger partial charge is 0.276 e. The van der Waals surface area contributed by atoms with Crippen molar-refractivity contribution in [1.29, 1.82) is 0 Å². The van der Waals surface area contributed by atoms with Gasteiger partial charge in [0, 0.05) is 30.2 Å². The standard InChI is InChI=1S/C29H34N6O2/c1-29(2,37)26-15-23(11-12-30-26)34-25-16-27(31-17-24(25)28(36)35(34)21-9-10-21)32-20-7-5-19-14-22(33(3)4)8-6-18(19)13-20/h5,7,11-13,15-17,21-22,37H,6,8-10,14H2,1-4H3,(H,31,32). The molecule has 6 rings (SSSR count). The first-order valence-electron chi connectivity index (χ1n) is 13.1. The maximum Gasteiger partial charge on any atom is 0.276 e. The Bertz CT molecular complexity index is 1540. The molecular formula is C29H34N6O2. The normalized spacial score (nSPS) is 17.8. The number of anilines is 2. The highest BCUT2D eigenvalue weighted by atomic mass is 16.3. The van der Waals surface area contributed by atoms with Crippen LogP contribution < -0.4 is 10.9 Å². The Labute approximate surface area is 216 Å². The topological polar surface area (TPSA) is 88.2 Å². The van der Waals surface area contributed by atoms with Gasteiger partial charge in [-0.05, 0) is 95.4 Å². The summed E-state index contributed by atoms with van der Waals surface area (Å²) in [6.07, 6.45) is 8.61. The summed E-state index contributed by atoms with van der Waals surface area (Å²) >= 11 is 0. The quantitative estimate of drug-likeness (QED) is 0.412. The molecule has 192 valence electrons. The van der Waals surface area contributed by atoms with Gasteiger partial charge in [0.25, 0.3) is 5.56 Å². The van der Waals surface area contributed by atoms with E-state index in [1.807, 2.05) is 27.6 Å². The molecule has 2 N–H and O–H groups in total. The highest BCUT2D eigenvalue weighted by Crippen LogP contribution is 2.36. The van der Waals surface area contributed by atoms with Gasteiger partial charge in [0.15, 0.2) is 0 Å². The molecule has 2 aliphatic rings. The number of likely N-dealkylation sites (N-methyl/N-ethyl adjacent to an activating group) is 1. The van der Waals surface area contributed by atoms with Crippen molar-refractivity contribution in [3.8, 4) is 5.69 Å². The number of fused-ring (bicyclic) bond motifs is 2. The molecule has 1 aromatic carbocycles. The Morgan fingerprint density at radius 3 is 2.59 bits per heavy atom. The van der Waals surface area contributed by atoms with E-state index in [1.165, 1.54) is 11.1 Å². The third-order valence-electron chi connectivity index (χ3n) is 7.68. The van der Waals surface area contributed by atoms with Crippen LogP contribution in [0.5, 0.6) is 0 Å². The lowest BCUT2D eigenvalue weighted by atomic mass is 9.87. The van der Waals surface area contributed by atoms with Gasteiger partial charge < -0.3 is 15.3 Å². The van der Waals surface area contributed by atoms with Gasteiger partial charge in [0.05, 0.1) is 28.3 Å². The van der Waals surface area contributed by atoms with E-state index in [0.29, 0.717) is 22.9 Å². The van der Waals surface area contributed by atoms with Crippen LogP contribution in [-0.2, 0) is 18.4 Å². The zero-order valence-corrected chi connectivity index (χ0v) is 21.9. The van der Waals surface area contributed by atoms with Gasteiger partial charge in [-0.25, -0.2) is 14.3 Å². The molecule has 0 saturated heterocycles. The number of rotatable bonds is 6. The predicted molar refractivity (Wildman–Crippen MR) is 146 cm³/mol. The molecule has 0 aliphatic heterocycles. The van der Waals surface area contributed by atoms with Crippen molar-refractivity contribution in [2.24, 2.45) is 0 Å². The molecule has 1 atom stereocenters. The van der Waals surface area contributed by atoms with Crippen molar-refractivity contribution in [1.82, 2.24) is 24.2 Å². The van der Waals surface area contributed by atoms with Crippen LogP contribution in [0, 0.1) is 0 Å². The van der Waals surface area contributed by atoms with E-state index in [9.17, 15) is 9.90 Å². The molecular weight excluding hydrogens is 464 g/mol. The lowest BCUT2D eigenvalue weighted by Crippen LogP contribution is -2.33. The van der Waals surface area contributed by atoms with Crippen molar-refractivity contribution in [3.05, 3.63) is 76.0 Å². The fourth-order valence-electron chi connectivity index (χ4n) is 5.38. The average molecular weight is 499 g/mol. The fraction of sp³-hybridized carbons (Fsp3) is 0.414. The number of pyridine rings is 2. The summed E-state index contributed by atoms with van der Waals surface area (Å²) in [5.74, 6) is 0.688. The maximum atomic E-state index is 13.4. The first kappa shape index (κ1) is 23.9. The number of hydrogen-bond acceptors (Lipinski definition) is 6. The molecule has 37 heavy (non-hydrogen) atoms. The summed E-state index contributed by atoms with van der Waals surface area (Å²) in [6, 6.07) is 13.0. The molecule has 0 radical (unpaired) electrons. The number of aromatic nitrogens is 4. The Hall–Kier alpha value is -3.49. The Morgan fingerprint density at radius 1 is 1.05 bits per heavy atom. The molecule has 1 saturated carbocycles. The monoisotopic (exact) mass is 498 g/mol. The van der Waals surface area contributed by atoms with Gasteiger partial charge in [0.2, 0.25) is 0 Å². The Kier molecular flexibility index (Phi) is 5.69. The molecule has 8 nitrogen and oxygen atoms in total. The summed E-state index contributed by atoms with van der Waals surface area (Å²) in [7, 11) is 4.31. The van der Waals surface area contributed by atoms with Crippen LogP contribution in [0.15, 0.2) is 53.6 Å². The van der Waals surface area contributed by atoms with Crippen molar-refractivity contribution < 1.29 is 5.11 Å². The van der Waals surface area contributed by atoms with E-state index in [1.54, 1.807) is 26.2 Å². The number of nitrogens with zero attached hydrogens (tertiary/aromatic N) is 5. The van der Waals surface area contributed by atoms with Crippen molar-refractivity contribution >= 4 is 22.4 Å². The van der Waals surface area contributed by atoms with E-state index < -0.39 is 5.60 Å². The largest absolute Gasteiger partial charge is 0.384 e. The van der Waals surface area contributed by atoms with Crippen LogP contribution >= 0.6 is 0 Å². The van der Waals surface area contributed by atoms with E-state index in [-0.39, 0.29) is 11.6 Å². The minimum absolute atomic E-state index is 0.0394. The van der Waals surface area contributed by atoms with Gasteiger partial charge in [0.1, 0.15) is 11.4 Å². The first-order chi connectivity index (χ1) is 17.7. The van der Waals surface area contributed by atoms with E-state index in [2.05, 4.69) is 52.5 Å². The molecule has 4 aromatic rings. The minimum atomic E-state index is -1.09. The average Bonchev–Trinajstić information content (AvgIpc) is 3.67. The van der Waals surface area contributed by atoms with Crippen molar-refractivity contribution in [3.63, 3.8) is 0 Å². The third-order valence-corrected chi connectivity index (χ3v) is 7.68. The van der Waals surface area contributed by atoms with Gasteiger partial charge in [-0.2, -0.15) is 0 Å². The third kappa shape index (κ3) is 4.45. The van der Waals surface area contributed by atoms with Crippen molar-refractivity contribution in [2.75, 3.05) is 19.4 Å². The fourth-order valence-corrected chi connectivity index (χ4v) is 5.38. The minimum Gasteiger partial charge on any atom is -0.384 e. The van der Waals surface area contributed by atoms with Gasteiger partial charge in [-0.1, -0.05) is 6.07 Å². The first-order valence-corrected chi connectivity index (χ1v) is 13.1. The summed E-state index contributed by atoms with van der Waals surface area (Å²) in [5.41, 5.74) is 4.81. The summed E-state index contributed by atoms with van der Waals surface area (Å²) in [4.78, 5) is 24.7. The zero-order valence-electron chi connectivity index (χ0n) is 21.9. The molecule has 0 bridgehead atoms. The number of benzene rings is 1. The van der Waals surface area contributed by atoms with Crippen LogP contribution in [0.25, 0.3) is 16.6 Å². The second kappa shape index (κ2) is 8.82. The molecule has 2 aliphatic carbocycles. The van der Waals surface area contributed by atoms with Gasteiger partial charge in [-0.15, -0.1) is 0 Å². The summed E-state index contributed by atoms with van der Waals surface area (Å²) < 4.78 is 3.80. The van der Waals surface area contributed by atoms with Crippen molar-refractivity contribution in [2.45, 2.75) is 63.6 Å². The molecule has 1 fully saturated rings. The molecule has 0 spiro atoms. The number of aryl methyl sites for hydroxylation is 1. The lowest BCUT2D eigenvalue weighted by molar-refractivity contribution is 0.0738. The maximum absolute atomic E-state index is 13.4. The molecule has 3 aromatic heterocycles. The molecule has 8 heteroatoms. The highest BCUT2D eigenvalue weighted by molar-refractivity contribution is 5.83. The van der Waals surface area contributed by atoms with Crippen LogP contribution in [0.4, 0.5) is 11.5 Å². The Balaban J connectivity index is 1.39. The van der Waals surface area contributed by atoms with Crippen LogP contribution in [0.2, 0.25) is 0 Å². The van der Waals surface area contributed by atoms with E-state index in [0.717, 1.165) is 49.0 Å². The second-order valence-electron chi connectivity index (χ2n) is 11.2. The molecule has 0 amide bonds. The zero-order chi connectivity index (χ0) is 25.9. The van der Waals surface area contributed by atoms with Crippen LogP contribution in [0.3, 0.4) is 0 Å². The SMILES string of the molecule is CN(C)C1CCc2cc(Nc3cc4c(cn3)c(=O)n(C3CC3)n4-c3ccnc(C(C)(C)O)c3)ccc2C1. The van der Waals surface area contributed by atoms with E-state index in [4.69, 9.17) is 0 Å². The highest BCUT2D eigenvalue weighted by Gasteiger charge is 2.31. The lowest BCUT2D eigenvalue weighted by Gasteiger charge is -2.30. The summed E-state index contributed by atoms with van der Waals surface area (Å²) in [6.45, 7) is 3.43.